The van der Waals surface area contributed by atoms with Crippen LogP contribution < -0.4 is 9.46 Å². The number of methoxy groups -OCH3 is 1. The molecule has 0 spiro atoms. The lowest BCUT2D eigenvalue weighted by Crippen LogP contribution is -2.20. The van der Waals surface area contributed by atoms with Crippen LogP contribution in [0, 0.1) is 0 Å². The summed E-state index contributed by atoms with van der Waals surface area (Å²) in [5.74, 6) is 0.580. The second-order valence-corrected chi connectivity index (χ2v) is 9.26. The fourth-order valence-electron chi connectivity index (χ4n) is 2.87. The van der Waals surface area contributed by atoms with Gasteiger partial charge >= 0.3 is 0 Å². The minimum absolute atomic E-state index is 0.179. The van der Waals surface area contributed by atoms with E-state index in [4.69, 9.17) is 4.74 Å². The van der Waals surface area contributed by atoms with Gasteiger partial charge in [0.25, 0.3) is 10.0 Å². The van der Waals surface area contributed by atoms with Crippen molar-refractivity contribution in [1.29, 1.82) is 0 Å². The molecule has 28 heavy (non-hydrogen) atoms. The van der Waals surface area contributed by atoms with Crippen LogP contribution in [-0.4, -0.2) is 25.3 Å². The molecule has 1 heterocycles. The first-order chi connectivity index (χ1) is 13.2. The SMILES string of the molecule is COc1cccc(NS(=O)(=O)c2cn(Cc3ccccc3)nc2C(C)(C)C)c1. The zero-order valence-corrected chi connectivity index (χ0v) is 17.3. The van der Waals surface area contributed by atoms with E-state index in [9.17, 15) is 8.42 Å². The van der Waals surface area contributed by atoms with E-state index in [1.807, 2.05) is 51.1 Å². The summed E-state index contributed by atoms with van der Waals surface area (Å²) in [6, 6.07) is 16.6. The molecule has 0 saturated heterocycles. The van der Waals surface area contributed by atoms with Crippen LogP contribution in [0.15, 0.2) is 65.7 Å². The van der Waals surface area contributed by atoms with E-state index in [0.29, 0.717) is 23.7 Å². The number of anilines is 1. The topological polar surface area (TPSA) is 73.2 Å². The molecule has 0 amide bonds. The van der Waals surface area contributed by atoms with Crippen LogP contribution in [0.2, 0.25) is 0 Å². The predicted octanol–water partition coefficient (Wildman–Crippen LogP) is 4.04. The van der Waals surface area contributed by atoms with Crippen molar-refractivity contribution < 1.29 is 13.2 Å². The predicted molar refractivity (Wildman–Crippen MR) is 110 cm³/mol. The Balaban J connectivity index is 1.98. The Hall–Kier alpha value is -2.80. The van der Waals surface area contributed by atoms with Gasteiger partial charge in [-0.1, -0.05) is 57.2 Å². The fourth-order valence-corrected chi connectivity index (χ4v) is 4.28. The number of nitrogens with zero attached hydrogens (tertiary/aromatic N) is 2. The van der Waals surface area contributed by atoms with Crippen LogP contribution in [0.3, 0.4) is 0 Å². The van der Waals surface area contributed by atoms with Gasteiger partial charge in [0.05, 0.1) is 25.0 Å². The van der Waals surface area contributed by atoms with Crippen LogP contribution in [0.1, 0.15) is 32.0 Å². The van der Waals surface area contributed by atoms with Crippen molar-refractivity contribution in [3.8, 4) is 5.75 Å². The summed E-state index contributed by atoms with van der Waals surface area (Å²) >= 11 is 0. The first-order valence-corrected chi connectivity index (χ1v) is 10.5. The van der Waals surface area contributed by atoms with Crippen LogP contribution >= 0.6 is 0 Å². The Morgan fingerprint density at radius 2 is 1.79 bits per heavy atom. The van der Waals surface area contributed by atoms with Gasteiger partial charge in [0.15, 0.2) is 0 Å². The smallest absolute Gasteiger partial charge is 0.265 e. The van der Waals surface area contributed by atoms with Crippen LogP contribution in [0.25, 0.3) is 0 Å². The van der Waals surface area contributed by atoms with Gasteiger partial charge in [-0.15, -0.1) is 0 Å². The number of ether oxygens (including phenoxy) is 1. The Morgan fingerprint density at radius 1 is 1.07 bits per heavy atom. The van der Waals surface area contributed by atoms with Crippen molar-refractivity contribution in [1.82, 2.24) is 9.78 Å². The molecule has 0 radical (unpaired) electrons. The highest BCUT2D eigenvalue weighted by atomic mass is 32.2. The Bertz CT molecular complexity index is 1050. The summed E-state index contributed by atoms with van der Waals surface area (Å²) < 4.78 is 35.7. The second-order valence-electron chi connectivity index (χ2n) is 7.61. The van der Waals surface area contributed by atoms with Crippen molar-refractivity contribution in [3.63, 3.8) is 0 Å². The molecular formula is C21H25N3O3S. The molecule has 6 nitrogen and oxygen atoms in total. The molecule has 1 N–H and O–H groups in total. The van der Waals surface area contributed by atoms with Crippen molar-refractivity contribution >= 4 is 15.7 Å². The Morgan fingerprint density at radius 3 is 2.43 bits per heavy atom. The zero-order chi connectivity index (χ0) is 20.4. The molecule has 0 bridgehead atoms. The third-order valence-electron chi connectivity index (χ3n) is 4.24. The fraction of sp³-hybridized carbons (Fsp3) is 0.286. The molecule has 1 aromatic heterocycles. The van der Waals surface area contributed by atoms with E-state index in [-0.39, 0.29) is 4.90 Å². The Labute approximate surface area is 166 Å². The average Bonchev–Trinajstić information content (AvgIpc) is 3.08. The van der Waals surface area contributed by atoms with Gasteiger partial charge in [-0.2, -0.15) is 5.10 Å². The van der Waals surface area contributed by atoms with E-state index < -0.39 is 15.4 Å². The summed E-state index contributed by atoms with van der Waals surface area (Å²) in [4.78, 5) is 0.179. The maximum Gasteiger partial charge on any atom is 0.265 e. The normalized spacial score (nSPS) is 12.0. The number of hydrogen-bond donors (Lipinski definition) is 1. The number of hydrogen-bond acceptors (Lipinski definition) is 4. The quantitative estimate of drug-likeness (QED) is 0.679. The highest BCUT2D eigenvalue weighted by molar-refractivity contribution is 7.92. The third-order valence-corrected chi connectivity index (χ3v) is 5.62. The van der Waals surface area contributed by atoms with E-state index in [2.05, 4.69) is 9.82 Å². The summed E-state index contributed by atoms with van der Waals surface area (Å²) in [5.41, 5.74) is 1.59. The van der Waals surface area contributed by atoms with E-state index in [1.54, 1.807) is 42.3 Å². The van der Waals surface area contributed by atoms with Gasteiger partial charge in [0.2, 0.25) is 0 Å². The minimum atomic E-state index is -3.81. The number of benzene rings is 2. The molecule has 2 aromatic carbocycles. The van der Waals surface area contributed by atoms with Gasteiger partial charge < -0.3 is 4.74 Å². The highest BCUT2D eigenvalue weighted by Crippen LogP contribution is 2.29. The van der Waals surface area contributed by atoms with E-state index >= 15 is 0 Å². The number of rotatable bonds is 6. The van der Waals surface area contributed by atoms with Crippen LogP contribution in [-0.2, 0) is 22.0 Å². The molecule has 0 aliphatic carbocycles. The molecule has 0 aliphatic heterocycles. The zero-order valence-electron chi connectivity index (χ0n) is 16.5. The molecule has 3 rings (SSSR count). The van der Waals surface area contributed by atoms with Gasteiger partial charge in [0.1, 0.15) is 10.6 Å². The average molecular weight is 400 g/mol. The summed E-state index contributed by atoms with van der Waals surface area (Å²) in [5, 5.41) is 4.59. The Kier molecular flexibility index (Phi) is 5.47. The monoisotopic (exact) mass is 399 g/mol. The maximum atomic E-state index is 13.1. The third kappa shape index (κ3) is 4.54. The molecular weight excluding hydrogens is 374 g/mol. The van der Waals surface area contributed by atoms with E-state index in [0.717, 1.165) is 5.56 Å². The molecule has 0 unspecified atom stereocenters. The molecule has 0 atom stereocenters. The molecule has 148 valence electrons. The van der Waals surface area contributed by atoms with Gasteiger partial charge in [-0.3, -0.25) is 9.40 Å². The van der Waals surface area contributed by atoms with Crippen molar-refractivity contribution in [2.75, 3.05) is 11.8 Å². The molecule has 0 saturated carbocycles. The van der Waals surface area contributed by atoms with Crippen molar-refractivity contribution in [3.05, 3.63) is 72.1 Å². The molecule has 3 aromatic rings. The summed E-state index contributed by atoms with van der Waals surface area (Å²) in [6.45, 7) is 6.35. The van der Waals surface area contributed by atoms with Gasteiger partial charge in [-0.25, -0.2) is 8.42 Å². The highest BCUT2D eigenvalue weighted by Gasteiger charge is 2.30. The van der Waals surface area contributed by atoms with Crippen LogP contribution in [0.5, 0.6) is 5.75 Å². The summed E-state index contributed by atoms with van der Waals surface area (Å²) in [7, 11) is -2.27. The lowest BCUT2D eigenvalue weighted by atomic mass is 9.92. The maximum absolute atomic E-state index is 13.1. The molecule has 7 heteroatoms. The van der Waals surface area contributed by atoms with Crippen LogP contribution in [0.4, 0.5) is 5.69 Å². The number of nitrogens with one attached hydrogen (secondary N) is 1. The van der Waals surface area contributed by atoms with Gasteiger partial charge in [-0.05, 0) is 17.7 Å². The molecule has 0 aliphatic rings. The number of aromatic nitrogens is 2. The van der Waals surface area contributed by atoms with Gasteiger partial charge in [0, 0.05) is 17.7 Å². The lowest BCUT2D eigenvalue weighted by Gasteiger charge is -2.18. The van der Waals surface area contributed by atoms with E-state index in [1.165, 1.54) is 0 Å². The second kappa shape index (κ2) is 7.67. The largest absolute Gasteiger partial charge is 0.497 e. The van der Waals surface area contributed by atoms with Crippen molar-refractivity contribution in [2.45, 2.75) is 37.6 Å². The van der Waals surface area contributed by atoms with Crippen molar-refractivity contribution in [2.24, 2.45) is 0 Å². The number of sulfonamides is 1. The minimum Gasteiger partial charge on any atom is -0.497 e. The lowest BCUT2D eigenvalue weighted by molar-refractivity contribution is 0.415. The first kappa shape index (κ1) is 19.9. The first-order valence-electron chi connectivity index (χ1n) is 8.98. The standard InChI is InChI=1S/C21H25N3O3S/c1-21(2,3)20-19(15-24(22-20)14-16-9-6-5-7-10-16)28(25,26)23-17-11-8-12-18(13-17)27-4/h5-13,15,23H,14H2,1-4H3. The molecule has 0 fully saturated rings. The summed E-state index contributed by atoms with van der Waals surface area (Å²) in [6.07, 6.45) is 1.59.